The van der Waals surface area contributed by atoms with Gasteiger partial charge < -0.3 is 20.3 Å². The highest BCUT2D eigenvalue weighted by Crippen LogP contribution is 2.28. The molecule has 1 aromatic carbocycles. The second kappa shape index (κ2) is 5.37. The number of esters is 1. The van der Waals surface area contributed by atoms with Crippen molar-refractivity contribution in [3.63, 3.8) is 0 Å². The smallest absolute Gasteiger partial charge is 0.327 e. The second-order valence-corrected chi connectivity index (χ2v) is 3.16. The van der Waals surface area contributed by atoms with Crippen LogP contribution < -0.4 is 10.5 Å². The van der Waals surface area contributed by atoms with Gasteiger partial charge in [0.2, 0.25) is 0 Å². The molecule has 0 amide bonds. The van der Waals surface area contributed by atoms with Crippen molar-refractivity contribution in [2.24, 2.45) is 5.73 Å². The quantitative estimate of drug-likeness (QED) is 0.746. The molecule has 5 nitrogen and oxygen atoms in total. The van der Waals surface area contributed by atoms with Crippen molar-refractivity contribution in [1.82, 2.24) is 0 Å². The largest absolute Gasteiger partial charge is 0.504 e. The molecule has 0 aliphatic rings. The number of ether oxygens (including phenoxy) is 2. The van der Waals surface area contributed by atoms with Crippen molar-refractivity contribution in [3.05, 3.63) is 23.8 Å². The molecule has 0 bridgehead atoms. The fourth-order valence-electron chi connectivity index (χ4n) is 1.27. The Morgan fingerprint density at radius 2 is 2.25 bits per heavy atom. The van der Waals surface area contributed by atoms with E-state index >= 15 is 0 Å². The number of hydrogen-bond donors (Lipinski definition) is 2. The topological polar surface area (TPSA) is 81.8 Å². The van der Waals surface area contributed by atoms with Crippen LogP contribution in [0.25, 0.3) is 0 Å². The van der Waals surface area contributed by atoms with Crippen molar-refractivity contribution in [1.29, 1.82) is 0 Å². The number of nitrogens with two attached hydrogens (primary N) is 1. The van der Waals surface area contributed by atoms with Gasteiger partial charge in [0.05, 0.1) is 13.7 Å². The van der Waals surface area contributed by atoms with Gasteiger partial charge in [-0.15, -0.1) is 0 Å². The van der Waals surface area contributed by atoms with Crippen molar-refractivity contribution < 1.29 is 19.4 Å². The molecule has 0 radical (unpaired) electrons. The number of carbonyl (C=O) groups is 1. The fraction of sp³-hybridized carbons (Fsp3) is 0.364. The molecule has 0 aliphatic carbocycles. The molecular formula is C11H15NO4. The standard InChI is InChI=1S/C11H15NO4/c1-3-16-11(14)10(12)7-4-5-9(15-2)8(13)6-7/h4-6,10,13H,3,12H2,1-2H3. The molecule has 0 saturated heterocycles. The van der Waals surface area contributed by atoms with Crippen molar-refractivity contribution >= 4 is 5.97 Å². The van der Waals surface area contributed by atoms with Crippen molar-refractivity contribution in [2.45, 2.75) is 13.0 Å². The lowest BCUT2D eigenvalue weighted by Gasteiger charge is -2.12. The summed E-state index contributed by atoms with van der Waals surface area (Å²) in [5.41, 5.74) is 6.14. The zero-order chi connectivity index (χ0) is 12.1. The van der Waals surface area contributed by atoms with Gasteiger partial charge in [0.15, 0.2) is 11.5 Å². The Hall–Kier alpha value is -1.75. The van der Waals surface area contributed by atoms with Crippen LogP contribution >= 0.6 is 0 Å². The van der Waals surface area contributed by atoms with Gasteiger partial charge >= 0.3 is 5.97 Å². The zero-order valence-electron chi connectivity index (χ0n) is 9.27. The highest BCUT2D eigenvalue weighted by molar-refractivity contribution is 5.77. The Bertz CT molecular complexity index is 378. The number of carbonyl (C=O) groups excluding carboxylic acids is 1. The first-order valence-electron chi connectivity index (χ1n) is 4.89. The second-order valence-electron chi connectivity index (χ2n) is 3.16. The van der Waals surface area contributed by atoms with Crippen LogP contribution in [0.1, 0.15) is 18.5 Å². The monoisotopic (exact) mass is 225 g/mol. The molecule has 0 spiro atoms. The summed E-state index contributed by atoms with van der Waals surface area (Å²) < 4.78 is 9.66. The van der Waals surface area contributed by atoms with E-state index in [-0.39, 0.29) is 12.4 Å². The van der Waals surface area contributed by atoms with Crippen LogP contribution in [0.4, 0.5) is 0 Å². The number of hydrogen-bond acceptors (Lipinski definition) is 5. The molecule has 1 rings (SSSR count). The molecule has 16 heavy (non-hydrogen) atoms. The molecule has 1 atom stereocenters. The average molecular weight is 225 g/mol. The van der Waals surface area contributed by atoms with E-state index < -0.39 is 12.0 Å². The predicted octanol–water partition coefficient (Wildman–Crippen LogP) is 0.964. The highest BCUT2D eigenvalue weighted by atomic mass is 16.5. The summed E-state index contributed by atoms with van der Waals surface area (Å²) in [6.45, 7) is 1.98. The van der Waals surface area contributed by atoms with Gasteiger partial charge in [-0.25, -0.2) is 4.79 Å². The van der Waals surface area contributed by atoms with Crippen LogP contribution in [0, 0.1) is 0 Å². The molecule has 0 aromatic heterocycles. The minimum absolute atomic E-state index is 0.0558. The van der Waals surface area contributed by atoms with Crippen LogP contribution in [0.5, 0.6) is 11.5 Å². The van der Waals surface area contributed by atoms with Crippen LogP contribution in [0.3, 0.4) is 0 Å². The average Bonchev–Trinajstić information content (AvgIpc) is 2.28. The van der Waals surface area contributed by atoms with Crippen molar-refractivity contribution in [2.75, 3.05) is 13.7 Å². The van der Waals surface area contributed by atoms with E-state index in [4.69, 9.17) is 15.2 Å². The van der Waals surface area contributed by atoms with E-state index in [0.717, 1.165) is 0 Å². The molecule has 0 fully saturated rings. The van der Waals surface area contributed by atoms with Crippen LogP contribution in [-0.2, 0) is 9.53 Å². The zero-order valence-corrected chi connectivity index (χ0v) is 9.27. The summed E-state index contributed by atoms with van der Waals surface area (Å²) >= 11 is 0. The Balaban J connectivity index is 2.88. The minimum Gasteiger partial charge on any atom is -0.504 e. The maximum atomic E-state index is 11.3. The third-order valence-corrected chi connectivity index (χ3v) is 2.10. The molecule has 1 aromatic rings. The van der Waals surface area contributed by atoms with Crippen LogP contribution in [-0.4, -0.2) is 24.8 Å². The van der Waals surface area contributed by atoms with Gasteiger partial charge in [0.25, 0.3) is 0 Å². The number of rotatable bonds is 4. The van der Waals surface area contributed by atoms with Gasteiger partial charge in [-0.3, -0.25) is 0 Å². The summed E-state index contributed by atoms with van der Waals surface area (Å²) in [4.78, 5) is 11.3. The summed E-state index contributed by atoms with van der Waals surface area (Å²) in [7, 11) is 1.44. The Kier molecular flexibility index (Phi) is 4.13. The normalized spacial score (nSPS) is 11.9. The SMILES string of the molecule is CCOC(=O)C(N)c1ccc(OC)c(O)c1. The number of methoxy groups -OCH3 is 1. The first kappa shape index (κ1) is 12.3. The maximum absolute atomic E-state index is 11.3. The Morgan fingerprint density at radius 3 is 2.75 bits per heavy atom. The molecular weight excluding hydrogens is 210 g/mol. The van der Waals surface area contributed by atoms with E-state index in [1.165, 1.54) is 13.2 Å². The van der Waals surface area contributed by atoms with Gasteiger partial charge in [0.1, 0.15) is 6.04 Å². The number of phenols is 1. The molecule has 5 heteroatoms. The van der Waals surface area contributed by atoms with E-state index in [0.29, 0.717) is 11.3 Å². The van der Waals surface area contributed by atoms with Crippen LogP contribution in [0.15, 0.2) is 18.2 Å². The van der Waals surface area contributed by atoms with Gasteiger partial charge in [0, 0.05) is 0 Å². The number of benzene rings is 1. The molecule has 88 valence electrons. The summed E-state index contributed by atoms with van der Waals surface area (Å²) in [6.07, 6.45) is 0. The molecule has 1 unspecified atom stereocenters. The highest BCUT2D eigenvalue weighted by Gasteiger charge is 2.18. The fourth-order valence-corrected chi connectivity index (χ4v) is 1.27. The molecule has 3 N–H and O–H groups in total. The molecule has 0 saturated carbocycles. The van der Waals surface area contributed by atoms with Gasteiger partial charge in [-0.1, -0.05) is 6.07 Å². The van der Waals surface area contributed by atoms with E-state index in [1.807, 2.05) is 0 Å². The van der Waals surface area contributed by atoms with Crippen molar-refractivity contribution in [3.8, 4) is 11.5 Å². The molecule has 0 aliphatic heterocycles. The van der Waals surface area contributed by atoms with E-state index in [9.17, 15) is 9.90 Å². The Labute approximate surface area is 93.8 Å². The number of phenolic OH excluding ortho intramolecular Hbond substituents is 1. The lowest BCUT2D eigenvalue weighted by atomic mass is 10.1. The molecule has 0 heterocycles. The van der Waals surface area contributed by atoms with E-state index in [1.54, 1.807) is 19.1 Å². The Morgan fingerprint density at radius 1 is 1.56 bits per heavy atom. The minimum atomic E-state index is -0.892. The first-order valence-corrected chi connectivity index (χ1v) is 4.89. The lowest BCUT2D eigenvalue weighted by Crippen LogP contribution is -2.23. The number of aromatic hydroxyl groups is 1. The summed E-state index contributed by atoms with van der Waals surface area (Å²) in [5.74, 6) is -0.244. The lowest BCUT2D eigenvalue weighted by molar-refractivity contribution is -0.144. The predicted molar refractivity (Wildman–Crippen MR) is 58.2 cm³/mol. The van der Waals surface area contributed by atoms with Crippen LogP contribution in [0.2, 0.25) is 0 Å². The van der Waals surface area contributed by atoms with E-state index in [2.05, 4.69) is 0 Å². The third kappa shape index (κ3) is 2.64. The maximum Gasteiger partial charge on any atom is 0.327 e. The summed E-state index contributed by atoms with van der Waals surface area (Å²) in [5, 5.41) is 9.52. The van der Waals surface area contributed by atoms with Gasteiger partial charge in [-0.05, 0) is 24.6 Å². The summed E-state index contributed by atoms with van der Waals surface area (Å²) in [6, 6.07) is 3.65. The van der Waals surface area contributed by atoms with Gasteiger partial charge in [-0.2, -0.15) is 0 Å². The third-order valence-electron chi connectivity index (χ3n) is 2.10. The first-order chi connectivity index (χ1) is 7.60.